The first-order chi connectivity index (χ1) is 19.7. The maximum Gasteiger partial charge on any atom is 0.424 e. The molecule has 0 fully saturated rings. The van der Waals surface area contributed by atoms with E-state index in [0.717, 1.165) is 24.3 Å². The van der Waals surface area contributed by atoms with Crippen molar-refractivity contribution in [3.05, 3.63) is 77.2 Å². The molecule has 0 saturated heterocycles. The Hall–Kier alpha value is -4.01. The molecule has 2 amide bonds. The Labute approximate surface area is 241 Å². The van der Waals surface area contributed by atoms with E-state index in [4.69, 9.17) is 27.0 Å². The Balaban J connectivity index is 2.03. The highest BCUT2D eigenvalue weighted by Gasteiger charge is 2.56. The van der Waals surface area contributed by atoms with E-state index < -0.39 is 60.5 Å². The minimum atomic E-state index is -5.39. The van der Waals surface area contributed by atoms with Crippen LogP contribution in [0.2, 0.25) is 0 Å². The fraction of sp³-hybridized carbons (Fsp3) is 0.296. The van der Waals surface area contributed by atoms with E-state index in [1.54, 1.807) is 0 Å². The number of alkyl halides is 4. The smallest absolute Gasteiger partial charge is 0.424 e. The van der Waals surface area contributed by atoms with Crippen molar-refractivity contribution in [2.75, 3.05) is 26.9 Å². The Bertz CT molecular complexity index is 1440. The molecular formula is C27H26ClF5N4O5. The zero-order valence-corrected chi connectivity index (χ0v) is 22.9. The fourth-order valence-corrected chi connectivity index (χ4v) is 3.87. The largest absolute Gasteiger partial charge is 0.493 e. The van der Waals surface area contributed by atoms with Crippen LogP contribution in [-0.2, 0) is 15.9 Å². The molecule has 5 N–H and O–H groups in total. The highest BCUT2D eigenvalue weighted by Crippen LogP contribution is 2.40. The molecule has 1 unspecified atom stereocenters. The second-order valence-corrected chi connectivity index (χ2v) is 9.54. The maximum absolute atomic E-state index is 14.5. The summed E-state index contributed by atoms with van der Waals surface area (Å²) in [7, 11) is 1.23. The third-order valence-electron chi connectivity index (χ3n) is 6.27. The number of nitrogens with zero attached hydrogens (tertiary/aromatic N) is 1. The molecule has 3 aromatic rings. The fourth-order valence-electron chi connectivity index (χ4n) is 3.71. The number of carbonyl (C=O) groups is 2. The average Bonchev–Trinajstić information content (AvgIpc) is 2.97. The summed E-state index contributed by atoms with van der Waals surface area (Å²) in [5, 5.41) is 13.1. The number of rotatable bonds is 12. The topological polar surface area (TPSA) is 136 Å². The van der Waals surface area contributed by atoms with Crippen LogP contribution in [0.3, 0.4) is 0 Å². The number of hydrogen-bond acceptors (Lipinski definition) is 7. The van der Waals surface area contributed by atoms with E-state index in [-0.39, 0.29) is 33.9 Å². The minimum absolute atomic E-state index is 0.0210. The Morgan fingerprint density at radius 2 is 1.74 bits per heavy atom. The quantitative estimate of drug-likeness (QED) is 0.179. The Morgan fingerprint density at radius 3 is 2.29 bits per heavy atom. The lowest BCUT2D eigenvalue weighted by Gasteiger charge is -2.32. The van der Waals surface area contributed by atoms with Crippen molar-refractivity contribution in [1.82, 2.24) is 15.1 Å². The van der Waals surface area contributed by atoms with E-state index in [9.17, 15) is 36.6 Å². The number of halogens is 6. The molecular weight excluding hydrogens is 591 g/mol. The van der Waals surface area contributed by atoms with E-state index in [2.05, 4.69) is 9.82 Å². The zero-order chi connectivity index (χ0) is 31.3. The van der Waals surface area contributed by atoms with Crippen molar-refractivity contribution in [3.63, 3.8) is 0 Å². The van der Waals surface area contributed by atoms with Crippen LogP contribution in [0.25, 0.3) is 11.3 Å². The van der Waals surface area contributed by atoms with Crippen LogP contribution in [0.5, 0.6) is 11.5 Å². The normalized spacial score (nSPS) is 14.4. The number of ether oxygens (including phenoxy) is 2. The van der Waals surface area contributed by atoms with Crippen LogP contribution in [0.15, 0.2) is 54.6 Å². The summed E-state index contributed by atoms with van der Waals surface area (Å²) in [5.74, 6) is -2.42. The first kappa shape index (κ1) is 32.5. The first-order valence-electron chi connectivity index (χ1n) is 12.1. The van der Waals surface area contributed by atoms with Gasteiger partial charge in [0.1, 0.15) is 12.5 Å². The maximum atomic E-state index is 14.5. The van der Waals surface area contributed by atoms with Crippen LogP contribution < -0.4 is 25.4 Å². The summed E-state index contributed by atoms with van der Waals surface area (Å²) >= 11 is 5.72. The molecule has 15 heteroatoms. The number of carbonyl (C=O) groups excluding carboxylic acids is 2. The summed E-state index contributed by atoms with van der Waals surface area (Å²) in [4.78, 5) is 30.0. The number of benzene rings is 2. The summed E-state index contributed by atoms with van der Waals surface area (Å²) in [5.41, 5.74) is -1.71. The van der Waals surface area contributed by atoms with Gasteiger partial charge in [0, 0.05) is 11.1 Å². The molecule has 0 aliphatic heterocycles. The molecule has 1 heterocycles. The molecule has 226 valence electrons. The van der Waals surface area contributed by atoms with Gasteiger partial charge < -0.3 is 25.6 Å². The highest BCUT2D eigenvalue weighted by atomic mass is 35.5. The van der Waals surface area contributed by atoms with E-state index in [1.807, 2.05) is 5.32 Å². The number of nitrogens with two attached hydrogens (primary N) is 1. The molecule has 0 bridgehead atoms. The van der Waals surface area contributed by atoms with Crippen LogP contribution in [0.1, 0.15) is 28.5 Å². The molecule has 0 aliphatic rings. The van der Waals surface area contributed by atoms with Crippen LogP contribution in [0, 0.1) is 5.82 Å². The van der Waals surface area contributed by atoms with Crippen LogP contribution in [-0.4, -0.2) is 55.0 Å². The van der Waals surface area contributed by atoms with Gasteiger partial charge in [-0.25, -0.2) is 18.6 Å². The van der Waals surface area contributed by atoms with Crippen LogP contribution in [0.4, 0.5) is 22.0 Å². The number of aliphatic hydroxyl groups is 1. The molecule has 0 spiro atoms. The second kappa shape index (κ2) is 12.9. The molecule has 9 nitrogen and oxygen atoms in total. The molecule has 0 saturated carbocycles. The third-order valence-corrected chi connectivity index (χ3v) is 6.69. The van der Waals surface area contributed by atoms with Crippen molar-refractivity contribution in [3.8, 4) is 22.8 Å². The number of amides is 2. The van der Waals surface area contributed by atoms with Gasteiger partial charge in [-0.1, -0.05) is 0 Å². The van der Waals surface area contributed by atoms with Gasteiger partial charge in [-0.15, -0.1) is 0 Å². The van der Waals surface area contributed by atoms with Gasteiger partial charge in [0.15, 0.2) is 18.1 Å². The molecule has 1 aromatic heterocycles. The number of methoxy groups -OCH3 is 1. The van der Waals surface area contributed by atoms with E-state index in [1.165, 1.54) is 44.4 Å². The van der Waals surface area contributed by atoms with Gasteiger partial charge in [-0.05, 0) is 78.9 Å². The summed E-state index contributed by atoms with van der Waals surface area (Å²) < 4.78 is 81.1. The van der Waals surface area contributed by atoms with Gasteiger partial charge in [0.25, 0.3) is 11.8 Å². The predicted octanol–water partition coefficient (Wildman–Crippen LogP) is 3.87. The van der Waals surface area contributed by atoms with Crippen LogP contribution >= 0.6 is 11.8 Å². The molecule has 0 radical (unpaired) electrons. The summed E-state index contributed by atoms with van der Waals surface area (Å²) in [6.07, 6.45) is -5.39. The second-order valence-electron chi connectivity index (χ2n) is 9.35. The van der Waals surface area contributed by atoms with Crippen molar-refractivity contribution < 1.29 is 46.1 Å². The first-order valence-corrected chi connectivity index (χ1v) is 12.4. The predicted molar refractivity (Wildman–Crippen MR) is 142 cm³/mol. The third kappa shape index (κ3) is 7.06. The van der Waals surface area contributed by atoms with Gasteiger partial charge in [0.05, 0.1) is 30.6 Å². The molecule has 3 rings (SSSR count). The van der Waals surface area contributed by atoms with Crippen molar-refractivity contribution in [1.29, 1.82) is 0 Å². The Kier molecular flexibility index (Phi) is 9.97. The van der Waals surface area contributed by atoms with Crippen molar-refractivity contribution in [2.24, 2.45) is 5.73 Å². The molecule has 42 heavy (non-hydrogen) atoms. The lowest BCUT2D eigenvalue weighted by atomic mass is 9.89. The minimum Gasteiger partial charge on any atom is -0.493 e. The van der Waals surface area contributed by atoms with E-state index in [0.29, 0.717) is 0 Å². The molecule has 2 aromatic carbocycles. The zero-order valence-electron chi connectivity index (χ0n) is 22.2. The van der Waals surface area contributed by atoms with Gasteiger partial charge in [0.2, 0.25) is 5.60 Å². The number of hydrogen-bond donors (Lipinski definition) is 4. The van der Waals surface area contributed by atoms with Crippen molar-refractivity contribution >= 4 is 23.6 Å². The highest BCUT2D eigenvalue weighted by molar-refractivity contribution is 6.13. The number of pyridine rings is 1. The number of primary amides is 1. The van der Waals surface area contributed by atoms with E-state index >= 15 is 0 Å². The van der Waals surface area contributed by atoms with Gasteiger partial charge in [-0.2, -0.15) is 13.2 Å². The average molecular weight is 617 g/mol. The number of aromatic nitrogens is 1. The van der Waals surface area contributed by atoms with Crippen molar-refractivity contribution in [2.45, 2.75) is 24.2 Å². The monoisotopic (exact) mass is 616 g/mol. The lowest BCUT2D eigenvalue weighted by Crippen LogP contribution is -2.52. The lowest BCUT2D eigenvalue weighted by molar-refractivity contribution is -0.265. The number of nitrogens with one attached hydrogen (secondary N) is 2. The van der Waals surface area contributed by atoms with Gasteiger partial charge >= 0.3 is 6.18 Å². The summed E-state index contributed by atoms with van der Waals surface area (Å²) in [6.45, 7) is -1.79. The Morgan fingerprint density at radius 1 is 1.07 bits per heavy atom. The van der Waals surface area contributed by atoms with Gasteiger partial charge in [-0.3, -0.25) is 9.59 Å². The standard InChI is InChI=1S/C27H26ClF5N4O5/c1-25(13-29,37-28)17-10-19(15-3-6-18(30)7-4-15)36-22(11-17)26(40,27(31,32)33)14-35-24(39)16-5-8-20(21(9-16)41-2)42-12-23(34)38/h3-11,37,40H,12-14H2,1-2H3,(H2,34,38)(H,35,39)/t25?,26-/m1/s1. The summed E-state index contributed by atoms with van der Waals surface area (Å²) in [6, 6.07) is 10.2. The molecule has 2 atom stereocenters. The SMILES string of the molecule is COc1cc(C(=O)NC[C@@](O)(c2cc(C(C)(CF)NCl)cc(-c3ccc(F)cc3)n2)C(F)(F)F)ccc1OCC(N)=O. The molecule has 0 aliphatic carbocycles.